The Morgan fingerprint density at radius 1 is 1.20 bits per heavy atom. The topological polar surface area (TPSA) is 61.4 Å². The maximum absolute atomic E-state index is 12.9. The Hall–Kier alpha value is -2.19. The lowest BCUT2D eigenvalue weighted by molar-refractivity contribution is -0.139. The van der Waals surface area contributed by atoms with Gasteiger partial charge in [0.1, 0.15) is 6.04 Å². The second-order valence-electron chi connectivity index (χ2n) is 5.56. The van der Waals surface area contributed by atoms with Crippen molar-refractivity contribution < 1.29 is 23.1 Å². The smallest absolute Gasteiger partial charge is 0.416 e. The van der Waals surface area contributed by atoms with Crippen LogP contribution in [0.25, 0.3) is 0 Å². The van der Waals surface area contributed by atoms with Crippen LogP contribution >= 0.6 is 11.8 Å². The van der Waals surface area contributed by atoms with E-state index >= 15 is 0 Å². The number of para-hydroxylation sites is 1. The van der Waals surface area contributed by atoms with Crippen molar-refractivity contribution in [2.45, 2.75) is 17.6 Å². The molecule has 0 radical (unpaired) electrons. The number of nitrogens with one attached hydrogen (secondary N) is 2. The second-order valence-corrected chi connectivity index (χ2v) is 6.70. The SMILES string of the molecule is O=C(O)[C@@H]1CSC(c2ccccc2Nc2cccc(C(F)(F)F)c2)N1. The maximum atomic E-state index is 12.9. The van der Waals surface area contributed by atoms with Crippen molar-refractivity contribution in [1.82, 2.24) is 5.32 Å². The normalized spacial score (nSPS) is 20.4. The van der Waals surface area contributed by atoms with Gasteiger partial charge in [-0.3, -0.25) is 10.1 Å². The van der Waals surface area contributed by atoms with E-state index in [1.54, 1.807) is 18.2 Å². The number of thioether (sulfide) groups is 1. The summed E-state index contributed by atoms with van der Waals surface area (Å²) in [6.45, 7) is 0. The van der Waals surface area contributed by atoms with E-state index in [2.05, 4.69) is 10.6 Å². The van der Waals surface area contributed by atoms with E-state index in [1.165, 1.54) is 17.8 Å². The molecule has 0 saturated carbocycles. The third-order valence-corrected chi connectivity index (χ3v) is 5.04. The highest BCUT2D eigenvalue weighted by Gasteiger charge is 2.32. The van der Waals surface area contributed by atoms with Crippen LogP contribution in [0.1, 0.15) is 16.5 Å². The van der Waals surface area contributed by atoms with E-state index in [0.717, 1.165) is 17.7 Å². The van der Waals surface area contributed by atoms with Gasteiger partial charge in [-0.25, -0.2) is 0 Å². The Kier molecular flexibility index (Phi) is 4.91. The summed E-state index contributed by atoms with van der Waals surface area (Å²) in [5.41, 5.74) is 1.03. The molecule has 0 amide bonds. The molecule has 2 aromatic rings. The van der Waals surface area contributed by atoms with Crippen molar-refractivity contribution in [2.75, 3.05) is 11.1 Å². The molecule has 2 aromatic carbocycles. The zero-order chi connectivity index (χ0) is 18.0. The van der Waals surface area contributed by atoms with Crippen LogP contribution < -0.4 is 10.6 Å². The third kappa shape index (κ3) is 4.08. The van der Waals surface area contributed by atoms with Crippen LogP contribution in [0.15, 0.2) is 48.5 Å². The number of aliphatic carboxylic acids is 1. The summed E-state index contributed by atoms with van der Waals surface area (Å²) in [5, 5.41) is 14.9. The zero-order valence-corrected chi connectivity index (χ0v) is 13.7. The van der Waals surface area contributed by atoms with E-state index in [0.29, 0.717) is 17.1 Å². The maximum Gasteiger partial charge on any atom is 0.416 e. The Morgan fingerprint density at radius 3 is 2.64 bits per heavy atom. The molecule has 0 spiro atoms. The molecule has 8 heteroatoms. The molecule has 4 nitrogen and oxygen atoms in total. The van der Waals surface area contributed by atoms with Gasteiger partial charge in [0, 0.05) is 22.7 Å². The molecule has 1 aliphatic rings. The van der Waals surface area contributed by atoms with Gasteiger partial charge in [-0.15, -0.1) is 11.8 Å². The molecule has 0 aromatic heterocycles. The number of rotatable bonds is 4. The summed E-state index contributed by atoms with van der Waals surface area (Å²) >= 11 is 1.45. The van der Waals surface area contributed by atoms with Crippen LogP contribution in [0, 0.1) is 0 Å². The Labute approximate surface area is 146 Å². The van der Waals surface area contributed by atoms with Crippen LogP contribution in [-0.4, -0.2) is 22.9 Å². The van der Waals surface area contributed by atoms with Gasteiger partial charge in [0.2, 0.25) is 0 Å². The number of carbonyl (C=O) groups is 1. The predicted molar refractivity (Wildman–Crippen MR) is 90.9 cm³/mol. The summed E-state index contributed by atoms with van der Waals surface area (Å²) < 4.78 is 38.6. The van der Waals surface area contributed by atoms with Crippen molar-refractivity contribution in [3.8, 4) is 0 Å². The van der Waals surface area contributed by atoms with Crippen molar-refractivity contribution in [3.05, 3.63) is 59.7 Å². The lowest BCUT2D eigenvalue weighted by Crippen LogP contribution is -2.33. The average Bonchev–Trinajstić information content (AvgIpc) is 3.05. The Balaban J connectivity index is 1.84. The molecule has 1 aliphatic heterocycles. The number of halogens is 3. The minimum absolute atomic E-state index is 0.240. The number of hydrogen-bond donors (Lipinski definition) is 3. The number of hydrogen-bond acceptors (Lipinski definition) is 4. The van der Waals surface area contributed by atoms with Crippen LogP contribution in [-0.2, 0) is 11.0 Å². The number of benzene rings is 2. The first-order valence-electron chi connectivity index (χ1n) is 7.48. The lowest BCUT2D eigenvalue weighted by atomic mass is 10.1. The quantitative estimate of drug-likeness (QED) is 0.754. The largest absolute Gasteiger partial charge is 0.480 e. The standard InChI is InChI=1S/C17H15F3N2O2S/c18-17(19,20)10-4-3-5-11(8-10)21-13-7-2-1-6-12(13)15-22-14(9-25-15)16(23)24/h1-8,14-15,21-22H,9H2,(H,23,24)/t14-,15?/m0/s1. The zero-order valence-electron chi connectivity index (χ0n) is 12.9. The first kappa shape index (κ1) is 17.6. The molecule has 1 unspecified atom stereocenters. The van der Waals surface area contributed by atoms with Crippen molar-refractivity contribution in [1.29, 1.82) is 0 Å². The monoisotopic (exact) mass is 368 g/mol. The fourth-order valence-electron chi connectivity index (χ4n) is 2.56. The summed E-state index contributed by atoms with van der Waals surface area (Å²) in [6, 6.07) is 11.5. The van der Waals surface area contributed by atoms with Crippen molar-refractivity contribution in [3.63, 3.8) is 0 Å². The summed E-state index contributed by atoms with van der Waals surface area (Å²) in [6.07, 6.45) is -4.41. The number of carboxylic acid groups (broad SMARTS) is 1. The first-order chi connectivity index (χ1) is 11.8. The lowest BCUT2D eigenvalue weighted by Gasteiger charge is -2.18. The third-order valence-electron chi connectivity index (χ3n) is 3.79. The summed E-state index contributed by atoms with van der Waals surface area (Å²) in [7, 11) is 0. The Bertz CT molecular complexity index is 782. The van der Waals surface area contributed by atoms with E-state index in [4.69, 9.17) is 5.11 Å². The highest BCUT2D eigenvalue weighted by molar-refractivity contribution is 7.99. The number of anilines is 2. The van der Waals surface area contributed by atoms with E-state index in [1.807, 2.05) is 12.1 Å². The summed E-state index contributed by atoms with van der Waals surface area (Å²) in [5.74, 6) is -0.490. The molecular formula is C17H15F3N2O2S. The Morgan fingerprint density at radius 2 is 1.96 bits per heavy atom. The number of alkyl halides is 3. The van der Waals surface area contributed by atoms with Crippen molar-refractivity contribution >= 4 is 29.1 Å². The minimum Gasteiger partial charge on any atom is -0.480 e. The van der Waals surface area contributed by atoms with Gasteiger partial charge < -0.3 is 10.4 Å². The van der Waals surface area contributed by atoms with Gasteiger partial charge in [0.15, 0.2) is 0 Å². The van der Waals surface area contributed by atoms with Gasteiger partial charge in [0.25, 0.3) is 0 Å². The molecule has 132 valence electrons. The minimum atomic E-state index is -4.41. The molecule has 1 heterocycles. The molecule has 25 heavy (non-hydrogen) atoms. The number of carboxylic acids is 1. The van der Waals surface area contributed by atoms with E-state index in [-0.39, 0.29) is 5.37 Å². The average molecular weight is 368 g/mol. The van der Waals surface area contributed by atoms with Crippen LogP contribution in [0.5, 0.6) is 0 Å². The highest BCUT2D eigenvalue weighted by atomic mass is 32.2. The molecule has 1 saturated heterocycles. The second kappa shape index (κ2) is 6.97. The molecule has 3 rings (SSSR count). The molecule has 0 bridgehead atoms. The molecule has 1 fully saturated rings. The summed E-state index contributed by atoms with van der Waals surface area (Å²) in [4.78, 5) is 11.1. The molecule has 3 N–H and O–H groups in total. The van der Waals surface area contributed by atoms with Crippen LogP contribution in [0.4, 0.5) is 24.5 Å². The van der Waals surface area contributed by atoms with Crippen molar-refractivity contribution in [2.24, 2.45) is 0 Å². The van der Waals surface area contributed by atoms with E-state index < -0.39 is 23.8 Å². The van der Waals surface area contributed by atoms with E-state index in [9.17, 15) is 18.0 Å². The molecule has 2 atom stereocenters. The highest BCUT2D eigenvalue weighted by Crippen LogP contribution is 2.38. The van der Waals surface area contributed by atoms with Gasteiger partial charge in [0.05, 0.1) is 10.9 Å². The van der Waals surface area contributed by atoms with Crippen LogP contribution in [0.2, 0.25) is 0 Å². The van der Waals surface area contributed by atoms with Gasteiger partial charge >= 0.3 is 12.1 Å². The predicted octanol–water partition coefficient (Wildman–Crippen LogP) is 4.24. The fraction of sp³-hybridized carbons (Fsp3) is 0.235. The van der Waals surface area contributed by atoms with Crippen LogP contribution in [0.3, 0.4) is 0 Å². The van der Waals surface area contributed by atoms with Gasteiger partial charge in [-0.05, 0) is 24.3 Å². The molecular weight excluding hydrogens is 353 g/mol. The first-order valence-corrected chi connectivity index (χ1v) is 8.53. The van der Waals surface area contributed by atoms with Gasteiger partial charge in [-0.1, -0.05) is 24.3 Å². The van der Waals surface area contributed by atoms with Gasteiger partial charge in [-0.2, -0.15) is 13.2 Å². The molecule has 0 aliphatic carbocycles. The fourth-order valence-corrected chi connectivity index (χ4v) is 3.83.